The number of hydrogen-bond donors (Lipinski definition) is 1. The van der Waals surface area contributed by atoms with Gasteiger partial charge in [0.05, 0.1) is 29.9 Å². The number of Topliss-reactive ketones (excluding diaryl/α,β-unsaturated/α-hetero) is 1. The number of fused-ring (bicyclic) bond motifs is 2. The molecule has 2 aliphatic carbocycles. The van der Waals surface area contributed by atoms with Gasteiger partial charge in [0.1, 0.15) is 0 Å². The van der Waals surface area contributed by atoms with Crippen molar-refractivity contribution in [1.82, 2.24) is 20.0 Å². The molecule has 7 nitrogen and oxygen atoms in total. The van der Waals surface area contributed by atoms with Crippen LogP contribution >= 0.6 is 0 Å². The zero-order valence-corrected chi connectivity index (χ0v) is 19.9. The smallest absolute Gasteiger partial charge is 0.256 e. The molecule has 5 fully saturated rings. The van der Waals surface area contributed by atoms with Crippen molar-refractivity contribution in [2.75, 3.05) is 39.3 Å². The van der Waals surface area contributed by atoms with Gasteiger partial charge in [-0.15, -0.1) is 0 Å². The maximum atomic E-state index is 13.6. The highest BCUT2D eigenvalue weighted by Gasteiger charge is 2.56. The second-order valence-corrected chi connectivity index (χ2v) is 11.1. The molecular weight excluding hydrogens is 416 g/mol. The SMILES string of the molecule is O=C(NCCN1CCCC1)C1=CN2C3CCCCC3OC3C(N4CCCC4)CCC(C1=O)C32. The average molecular weight is 457 g/mol. The van der Waals surface area contributed by atoms with E-state index in [4.69, 9.17) is 4.74 Å². The highest BCUT2D eigenvalue weighted by molar-refractivity contribution is 6.20. The van der Waals surface area contributed by atoms with Crippen LogP contribution < -0.4 is 5.32 Å². The highest BCUT2D eigenvalue weighted by Crippen LogP contribution is 2.46. The van der Waals surface area contributed by atoms with Crippen molar-refractivity contribution in [1.29, 1.82) is 0 Å². The first-order valence-electron chi connectivity index (χ1n) is 13.6. The molecule has 1 amide bonds. The Hall–Kier alpha value is -1.44. The van der Waals surface area contributed by atoms with Crippen LogP contribution in [0.15, 0.2) is 11.8 Å². The third-order valence-electron chi connectivity index (χ3n) is 9.28. The lowest BCUT2D eigenvalue weighted by Crippen LogP contribution is -2.70. The Morgan fingerprint density at radius 1 is 0.939 bits per heavy atom. The van der Waals surface area contributed by atoms with Crippen LogP contribution in [0.2, 0.25) is 0 Å². The van der Waals surface area contributed by atoms with Crippen molar-refractivity contribution in [2.24, 2.45) is 5.92 Å². The van der Waals surface area contributed by atoms with E-state index in [0.29, 0.717) is 24.2 Å². The number of rotatable bonds is 5. The molecule has 6 atom stereocenters. The number of nitrogens with one attached hydrogen (secondary N) is 1. The van der Waals surface area contributed by atoms with Gasteiger partial charge in [-0.25, -0.2) is 0 Å². The third-order valence-corrected chi connectivity index (χ3v) is 9.28. The molecule has 4 aliphatic heterocycles. The van der Waals surface area contributed by atoms with E-state index in [1.54, 1.807) is 0 Å². The molecule has 0 aromatic carbocycles. The van der Waals surface area contributed by atoms with E-state index in [1.165, 1.54) is 38.5 Å². The fourth-order valence-electron chi connectivity index (χ4n) is 7.63. The zero-order chi connectivity index (χ0) is 22.4. The summed E-state index contributed by atoms with van der Waals surface area (Å²) in [5, 5.41) is 3.07. The lowest BCUT2D eigenvalue weighted by molar-refractivity contribution is -0.199. The van der Waals surface area contributed by atoms with Crippen LogP contribution in [0.3, 0.4) is 0 Å². The third kappa shape index (κ3) is 4.04. The minimum atomic E-state index is -0.172. The summed E-state index contributed by atoms with van der Waals surface area (Å²) in [4.78, 5) is 34.2. The number of amides is 1. The van der Waals surface area contributed by atoms with Gasteiger partial charge in [-0.2, -0.15) is 0 Å². The van der Waals surface area contributed by atoms with Gasteiger partial charge in [0.2, 0.25) is 0 Å². The molecule has 33 heavy (non-hydrogen) atoms. The molecule has 0 aromatic rings. The first-order chi connectivity index (χ1) is 16.2. The van der Waals surface area contributed by atoms with E-state index in [9.17, 15) is 9.59 Å². The summed E-state index contributed by atoms with van der Waals surface area (Å²) >= 11 is 0. The molecule has 0 spiro atoms. The predicted molar refractivity (Wildman–Crippen MR) is 126 cm³/mol. The number of likely N-dealkylation sites (tertiary alicyclic amines) is 2. The van der Waals surface area contributed by atoms with Gasteiger partial charge in [-0.3, -0.25) is 14.5 Å². The summed E-state index contributed by atoms with van der Waals surface area (Å²) in [5.74, 6) is -0.228. The van der Waals surface area contributed by atoms with Gasteiger partial charge in [0.25, 0.3) is 5.91 Å². The number of ketones is 1. The second kappa shape index (κ2) is 9.31. The first kappa shape index (κ1) is 22.1. The minimum absolute atomic E-state index is 0.0534. The lowest BCUT2D eigenvalue weighted by Gasteiger charge is -2.59. The molecule has 6 unspecified atom stereocenters. The number of hydrogen-bond acceptors (Lipinski definition) is 6. The maximum absolute atomic E-state index is 13.6. The standard InChI is InChI=1S/C26H40N4O3/c31-24-18-9-10-21(29-14-5-6-15-29)25-23(18)30(20-7-1-2-8-22(20)33-25)17-19(24)26(32)27-11-16-28-12-3-4-13-28/h17-18,20-23,25H,1-16H2,(H,27,32). The highest BCUT2D eigenvalue weighted by atomic mass is 16.5. The Kier molecular flexibility index (Phi) is 6.22. The summed E-state index contributed by atoms with van der Waals surface area (Å²) in [5.41, 5.74) is 0.391. The van der Waals surface area contributed by atoms with E-state index in [1.807, 2.05) is 6.20 Å². The van der Waals surface area contributed by atoms with Crippen molar-refractivity contribution in [3.63, 3.8) is 0 Å². The largest absolute Gasteiger partial charge is 0.369 e. The number of morpholine rings is 1. The molecule has 1 N–H and O–H groups in total. The molecule has 3 saturated heterocycles. The molecule has 6 aliphatic rings. The van der Waals surface area contributed by atoms with Gasteiger partial charge >= 0.3 is 0 Å². The number of carbonyl (C=O) groups is 2. The van der Waals surface area contributed by atoms with Crippen LogP contribution in [0.5, 0.6) is 0 Å². The maximum Gasteiger partial charge on any atom is 0.256 e. The minimum Gasteiger partial charge on any atom is -0.369 e. The summed E-state index contributed by atoms with van der Waals surface area (Å²) in [6.07, 6.45) is 13.8. The van der Waals surface area contributed by atoms with E-state index in [0.717, 1.165) is 58.4 Å². The molecule has 6 rings (SSSR count). The van der Waals surface area contributed by atoms with Crippen LogP contribution in [0.25, 0.3) is 0 Å². The molecule has 0 bridgehead atoms. The van der Waals surface area contributed by atoms with E-state index in [-0.39, 0.29) is 35.9 Å². The van der Waals surface area contributed by atoms with Crippen LogP contribution in [0.4, 0.5) is 0 Å². The fourth-order valence-corrected chi connectivity index (χ4v) is 7.63. The van der Waals surface area contributed by atoms with Crippen LogP contribution in [-0.4, -0.2) is 96.0 Å². The number of carbonyl (C=O) groups excluding carboxylic acids is 2. The summed E-state index contributed by atoms with van der Waals surface area (Å²) in [7, 11) is 0. The fraction of sp³-hybridized carbons (Fsp3) is 0.846. The Labute approximate surface area is 197 Å². The van der Waals surface area contributed by atoms with Crippen molar-refractivity contribution in [3.8, 4) is 0 Å². The van der Waals surface area contributed by atoms with Crippen molar-refractivity contribution < 1.29 is 14.3 Å². The predicted octanol–water partition coefficient (Wildman–Crippen LogP) is 1.92. The summed E-state index contributed by atoms with van der Waals surface area (Å²) in [6, 6.07) is 0.814. The van der Waals surface area contributed by atoms with Gasteiger partial charge in [0.15, 0.2) is 5.78 Å². The number of nitrogens with zero attached hydrogens (tertiary/aromatic N) is 3. The Bertz CT molecular complexity index is 788. The average Bonchev–Trinajstić information content (AvgIpc) is 3.55. The van der Waals surface area contributed by atoms with Crippen LogP contribution in [-0.2, 0) is 14.3 Å². The van der Waals surface area contributed by atoms with E-state index >= 15 is 0 Å². The topological polar surface area (TPSA) is 65.1 Å². The quantitative estimate of drug-likeness (QED) is 0.638. The van der Waals surface area contributed by atoms with Crippen LogP contribution in [0.1, 0.15) is 64.2 Å². The molecule has 182 valence electrons. The first-order valence-corrected chi connectivity index (χ1v) is 13.6. The van der Waals surface area contributed by atoms with Gasteiger partial charge in [-0.1, -0.05) is 12.8 Å². The molecule has 0 radical (unpaired) electrons. The Morgan fingerprint density at radius 2 is 1.70 bits per heavy atom. The van der Waals surface area contributed by atoms with Gasteiger partial charge in [0, 0.05) is 31.2 Å². The molecule has 7 heteroatoms. The van der Waals surface area contributed by atoms with E-state index in [2.05, 4.69) is 20.0 Å². The van der Waals surface area contributed by atoms with Crippen molar-refractivity contribution in [2.45, 2.75) is 94.5 Å². The van der Waals surface area contributed by atoms with E-state index < -0.39 is 0 Å². The monoisotopic (exact) mass is 456 g/mol. The van der Waals surface area contributed by atoms with Crippen molar-refractivity contribution in [3.05, 3.63) is 11.8 Å². The van der Waals surface area contributed by atoms with Crippen LogP contribution in [0, 0.1) is 5.92 Å². The Morgan fingerprint density at radius 3 is 2.52 bits per heavy atom. The normalized spacial score (nSPS) is 39.2. The van der Waals surface area contributed by atoms with Gasteiger partial charge in [-0.05, 0) is 77.5 Å². The molecule has 0 aromatic heterocycles. The summed E-state index contributed by atoms with van der Waals surface area (Å²) in [6.45, 7) is 6.05. The van der Waals surface area contributed by atoms with Gasteiger partial charge < -0.3 is 19.9 Å². The lowest BCUT2D eigenvalue weighted by atomic mass is 9.70. The Balaban J connectivity index is 1.24. The summed E-state index contributed by atoms with van der Waals surface area (Å²) < 4.78 is 6.85. The number of ether oxygens (including phenoxy) is 1. The second-order valence-electron chi connectivity index (χ2n) is 11.1. The molecule has 2 saturated carbocycles. The van der Waals surface area contributed by atoms with Crippen molar-refractivity contribution >= 4 is 11.7 Å². The molecule has 4 heterocycles. The molecular formula is C26H40N4O3. The zero-order valence-electron chi connectivity index (χ0n) is 19.9.